The van der Waals surface area contributed by atoms with Gasteiger partial charge in [0.15, 0.2) is 0 Å². The Morgan fingerprint density at radius 1 is 1.32 bits per heavy atom. The number of para-hydroxylation sites is 2. The van der Waals surface area contributed by atoms with E-state index in [4.69, 9.17) is 4.74 Å². The van der Waals surface area contributed by atoms with Crippen LogP contribution in [0.5, 0.6) is 5.75 Å². The van der Waals surface area contributed by atoms with Gasteiger partial charge in [-0.3, -0.25) is 4.79 Å². The molecule has 4 heteroatoms. The highest BCUT2D eigenvalue weighted by molar-refractivity contribution is 5.84. The first kappa shape index (κ1) is 15.3. The number of carbonyl (C=O) groups is 1. The van der Waals surface area contributed by atoms with E-state index in [2.05, 4.69) is 17.6 Å². The zero-order valence-electron chi connectivity index (χ0n) is 12.0. The van der Waals surface area contributed by atoms with Crippen LogP contribution in [0.2, 0.25) is 0 Å². The maximum Gasteiger partial charge on any atom is 0.242 e. The van der Waals surface area contributed by atoms with Crippen molar-refractivity contribution < 1.29 is 9.53 Å². The van der Waals surface area contributed by atoms with E-state index in [9.17, 15) is 4.79 Å². The summed E-state index contributed by atoms with van der Waals surface area (Å²) in [6.45, 7) is 4.74. The summed E-state index contributed by atoms with van der Waals surface area (Å²) in [6, 6.07) is 7.31. The minimum atomic E-state index is -0.280. The Morgan fingerprint density at radius 2 is 2.05 bits per heavy atom. The molecule has 0 radical (unpaired) electrons. The van der Waals surface area contributed by atoms with Crippen molar-refractivity contribution in [1.29, 1.82) is 0 Å². The van der Waals surface area contributed by atoms with Gasteiger partial charge in [0.1, 0.15) is 11.8 Å². The first-order valence-electron chi connectivity index (χ1n) is 6.86. The average molecular weight is 264 g/mol. The van der Waals surface area contributed by atoms with Gasteiger partial charge in [-0.05, 0) is 25.5 Å². The van der Waals surface area contributed by atoms with Gasteiger partial charge < -0.3 is 15.4 Å². The van der Waals surface area contributed by atoms with Crippen LogP contribution in [-0.2, 0) is 4.79 Å². The van der Waals surface area contributed by atoms with Crippen LogP contribution in [-0.4, -0.2) is 25.6 Å². The number of nitrogens with one attached hydrogen (secondary N) is 2. The number of benzene rings is 1. The topological polar surface area (TPSA) is 50.4 Å². The van der Waals surface area contributed by atoms with E-state index in [1.807, 2.05) is 31.2 Å². The Balaban J connectivity index is 2.45. The van der Waals surface area contributed by atoms with Gasteiger partial charge in [0.2, 0.25) is 5.91 Å². The first-order chi connectivity index (χ1) is 9.19. The van der Waals surface area contributed by atoms with Crippen molar-refractivity contribution in [3.63, 3.8) is 0 Å². The molecule has 1 aromatic carbocycles. The fraction of sp³-hybridized carbons (Fsp3) is 0.533. The summed E-state index contributed by atoms with van der Waals surface area (Å²) in [4.78, 5) is 11.9. The van der Waals surface area contributed by atoms with E-state index in [0.29, 0.717) is 0 Å². The predicted molar refractivity (Wildman–Crippen MR) is 78.6 cm³/mol. The van der Waals surface area contributed by atoms with Gasteiger partial charge in [0.05, 0.1) is 12.8 Å². The molecular weight excluding hydrogens is 240 g/mol. The van der Waals surface area contributed by atoms with Gasteiger partial charge >= 0.3 is 0 Å². The third kappa shape index (κ3) is 5.20. The minimum Gasteiger partial charge on any atom is -0.495 e. The van der Waals surface area contributed by atoms with Gasteiger partial charge in [-0.2, -0.15) is 0 Å². The lowest BCUT2D eigenvalue weighted by atomic mass is 10.2. The second-order valence-corrected chi connectivity index (χ2v) is 4.56. The highest BCUT2D eigenvalue weighted by Gasteiger charge is 2.13. The summed E-state index contributed by atoms with van der Waals surface area (Å²) in [5, 5.41) is 6.10. The number of hydrogen-bond acceptors (Lipinski definition) is 3. The molecule has 2 N–H and O–H groups in total. The maximum atomic E-state index is 11.9. The van der Waals surface area contributed by atoms with E-state index in [1.54, 1.807) is 7.11 Å². The van der Waals surface area contributed by atoms with Crippen LogP contribution in [0.4, 0.5) is 5.69 Å². The largest absolute Gasteiger partial charge is 0.495 e. The number of amides is 1. The molecular formula is C15H24N2O2. The minimum absolute atomic E-state index is 0.0157. The fourth-order valence-corrected chi connectivity index (χ4v) is 1.80. The highest BCUT2D eigenvalue weighted by Crippen LogP contribution is 2.23. The SMILES string of the molecule is CCCCCNC(=O)C(C)Nc1ccccc1OC. The molecule has 0 saturated carbocycles. The number of rotatable bonds is 8. The van der Waals surface area contributed by atoms with Crippen molar-refractivity contribution in [2.24, 2.45) is 0 Å². The van der Waals surface area contributed by atoms with Crippen molar-refractivity contribution >= 4 is 11.6 Å². The third-order valence-corrected chi connectivity index (χ3v) is 2.95. The number of anilines is 1. The molecule has 0 saturated heterocycles. The Labute approximate surface area is 115 Å². The van der Waals surface area contributed by atoms with Crippen LogP contribution in [0.1, 0.15) is 33.1 Å². The van der Waals surface area contributed by atoms with Crippen molar-refractivity contribution in [2.75, 3.05) is 19.0 Å². The molecule has 0 bridgehead atoms. The first-order valence-corrected chi connectivity index (χ1v) is 6.86. The summed E-state index contributed by atoms with van der Waals surface area (Å²) >= 11 is 0. The molecule has 0 aliphatic carbocycles. The van der Waals surface area contributed by atoms with E-state index in [0.717, 1.165) is 37.2 Å². The number of unbranched alkanes of at least 4 members (excludes halogenated alkanes) is 2. The standard InChI is InChI=1S/C15H24N2O2/c1-4-5-8-11-16-15(18)12(2)17-13-9-6-7-10-14(13)19-3/h6-7,9-10,12,17H,4-5,8,11H2,1-3H3,(H,16,18). The molecule has 1 rings (SSSR count). The zero-order chi connectivity index (χ0) is 14.1. The molecule has 0 fully saturated rings. The van der Waals surface area contributed by atoms with Crippen molar-refractivity contribution in [2.45, 2.75) is 39.2 Å². The lowest BCUT2D eigenvalue weighted by molar-refractivity contribution is -0.121. The number of carbonyl (C=O) groups excluding carboxylic acids is 1. The van der Waals surface area contributed by atoms with E-state index in [-0.39, 0.29) is 11.9 Å². The molecule has 0 aromatic heterocycles. The summed E-state index contributed by atoms with van der Waals surface area (Å²) in [5.74, 6) is 0.759. The van der Waals surface area contributed by atoms with Crippen molar-refractivity contribution in [3.05, 3.63) is 24.3 Å². The summed E-state index contributed by atoms with van der Waals surface area (Å²) in [5.41, 5.74) is 0.834. The highest BCUT2D eigenvalue weighted by atomic mass is 16.5. The normalized spacial score (nSPS) is 11.7. The second kappa shape index (κ2) is 8.40. The van der Waals surface area contributed by atoms with Crippen LogP contribution in [0.3, 0.4) is 0 Å². The average Bonchev–Trinajstić information content (AvgIpc) is 2.44. The van der Waals surface area contributed by atoms with Gasteiger partial charge in [-0.1, -0.05) is 31.9 Å². The van der Waals surface area contributed by atoms with Crippen LogP contribution in [0.15, 0.2) is 24.3 Å². The Bertz CT molecular complexity index is 393. The Morgan fingerprint density at radius 3 is 2.74 bits per heavy atom. The lowest BCUT2D eigenvalue weighted by Gasteiger charge is -2.17. The molecule has 1 aromatic rings. The summed E-state index contributed by atoms with van der Waals surface area (Å²) < 4.78 is 5.24. The summed E-state index contributed by atoms with van der Waals surface area (Å²) in [7, 11) is 1.62. The van der Waals surface area contributed by atoms with Gasteiger partial charge in [0.25, 0.3) is 0 Å². The molecule has 106 valence electrons. The summed E-state index contributed by atoms with van der Waals surface area (Å²) in [6.07, 6.45) is 3.34. The lowest BCUT2D eigenvalue weighted by Crippen LogP contribution is -2.38. The molecule has 19 heavy (non-hydrogen) atoms. The second-order valence-electron chi connectivity index (χ2n) is 4.56. The predicted octanol–water partition coefficient (Wildman–Crippen LogP) is 2.80. The molecule has 0 aliphatic rings. The third-order valence-electron chi connectivity index (χ3n) is 2.95. The quantitative estimate of drug-likeness (QED) is 0.710. The van der Waals surface area contributed by atoms with Crippen LogP contribution < -0.4 is 15.4 Å². The zero-order valence-corrected chi connectivity index (χ0v) is 12.0. The molecule has 1 atom stereocenters. The number of hydrogen-bond donors (Lipinski definition) is 2. The van der Waals surface area contributed by atoms with Crippen molar-refractivity contribution in [1.82, 2.24) is 5.32 Å². The molecule has 0 aliphatic heterocycles. The van der Waals surface area contributed by atoms with Gasteiger partial charge in [0, 0.05) is 6.54 Å². The fourth-order valence-electron chi connectivity index (χ4n) is 1.80. The van der Waals surface area contributed by atoms with E-state index < -0.39 is 0 Å². The van der Waals surface area contributed by atoms with Crippen LogP contribution in [0.25, 0.3) is 0 Å². The number of methoxy groups -OCH3 is 1. The van der Waals surface area contributed by atoms with E-state index >= 15 is 0 Å². The Hall–Kier alpha value is -1.71. The molecule has 0 spiro atoms. The van der Waals surface area contributed by atoms with Crippen LogP contribution >= 0.6 is 0 Å². The van der Waals surface area contributed by atoms with Crippen LogP contribution in [0, 0.1) is 0 Å². The number of ether oxygens (including phenoxy) is 1. The van der Waals surface area contributed by atoms with Gasteiger partial charge in [-0.25, -0.2) is 0 Å². The Kier molecular flexibility index (Phi) is 6.79. The van der Waals surface area contributed by atoms with Crippen molar-refractivity contribution in [3.8, 4) is 5.75 Å². The molecule has 4 nitrogen and oxygen atoms in total. The molecule has 0 heterocycles. The monoisotopic (exact) mass is 264 g/mol. The smallest absolute Gasteiger partial charge is 0.242 e. The van der Waals surface area contributed by atoms with Gasteiger partial charge in [-0.15, -0.1) is 0 Å². The maximum absolute atomic E-state index is 11.9. The van der Waals surface area contributed by atoms with E-state index in [1.165, 1.54) is 0 Å². The molecule has 1 unspecified atom stereocenters. The molecule has 1 amide bonds.